The topological polar surface area (TPSA) is 51.1 Å². The third-order valence-electron chi connectivity index (χ3n) is 5.61. The summed E-state index contributed by atoms with van der Waals surface area (Å²) in [5, 5.41) is 3.66. The van der Waals surface area contributed by atoms with Crippen molar-refractivity contribution in [3.8, 4) is 0 Å². The Hall–Kier alpha value is -2.88. The zero-order valence-corrected chi connectivity index (χ0v) is 16.0. The van der Waals surface area contributed by atoms with Gasteiger partial charge in [-0.25, -0.2) is 0 Å². The number of rotatable bonds is 4. The number of aromatic nitrogens is 1. The maximum Gasteiger partial charge on any atom is 0.261 e. The van der Waals surface area contributed by atoms with Gasteiger partial charge in [-0.3, -0.25) is 9.59 Å². The Kier molecular flexibility index (Phi) is 4.34. The number of benzene rings is 2. The molecule has 0 spiro atoms. The molecule has 0 aliphatic carbocycles. The minimum absolute atomic E-state index is 0.193. The summed E-state index contributed by atoms with van der Waals surface area (Å²) >= 11 is 0. The van der Waals surface area contributed by atoms with Crippen LogP contribution in [0.2, 0.25) is 0 Å². The van der Waals surface area contributed by atoms with Crippen LogP contribution in [0.25, 0.3) is 10.9 Å². The van der Waals surface area contributed by atoms with Crippen LogP contribution in [-0.2, 0) is 19.3 Å². The van der Waals surface area contributed by atoms with Crippen LogP contribution >= 0.6 is 0 Å². The van der Waals surface area contributed by atoms with Crippen molar-refractivity contribution in [1.82, 2.24) is 4.57 Å². The molecule has 0 saturated heterocycles. The smallest absolute Gasteiger partial charge is 0.261 e. The SMILES string of the molecule is CCc1cccc(CC)c1NC(=O)c1cn2c3c(cccc3c1=O)C[C@@H]2C. The first-order chi connectivity index (χ1) is 13.0. The number of pyridine rings is 1. The van der Waals surface area contributed by atoms with Gasteiger partial charge in [0.1, 0.15) is 5.56 Å². The van der Waals surface area contributed by atoms with E-state index in [1.165, 1.54) is 5.56 Å². The summed E-state index contributed by atoms with van der Waals surface area (Å²) in [7, 11) is 0. The van der Waals surface area contributed by atoms with Gasteiger partial charge < -0.3 is 9.88 Å². The number of carbonyl (C=O) groups excluding carboxylic acids is 1. The molecule has 1 aliphatic heterocycles. The van der Waals surface area contributed by atoms with Crippen LogP contribution in [0.5, 0.6) is 0 Å². The predicted molar refractivity (Wildman–Crippen MR) is 110 cm³/mol. The van der Waals surface area contributed by atoms with Gasteiger partial charge >= 0.3 is 0 Å². The molecule has 4 rings (SSSR count). The molecule has 1 amide bonds. The Labute approximate surface area is 158 Å². The Bertz CT molecular complexity index is 1090. The summed E-state index contributed by atoms with van der Waals surface area (Å²) in [6.07, 6.45) is 4.28. The van der Waals surface area contributed by atoms with Crippen LogP contribution in [0.4, 0.5) is 5.69 Å². The Morgan fingerprint density at radius 3 is 2.44 bits per heavy atom. The highest BCUT2D eigenvalue weighted by atomic mass is 16.2. The van der Waals surface area contributed by atoms with Crippen LogP contribution in [0.3, 0.4) is 0 Å². The summed E-state index contributed by atoms with van der Waals surface area (Å²) in [5.74, 6) is -0.328. The first-order valence-corrected chi connectivity index (χ1v) is 9.64. The quantitative estimate of drug-likeness (QED) is 0.745. The van der Waals surface area contributed by atoms with Crippen molar-refractivity contribution in [3.05, 3.63) is 75.1 Å². The van der Waals surface area contributed by atoms with Crippen molar-refractivity contribution in [1.29, 1.82) is 0 Å². The minimum atomic E-state index is -0.328. The van der Waals surface area contributed by atoms with Crippen LogP contribution in [0.1, 0.15) is 53.9 Å². The van der Waals surface area contributed by atoms with E-state index in [2.05, 4.69) is 36.7 Å². The van der Waals surface area contributed by atoms with E-state index in [1.54, 1.807) is 6.20 Å². The molecule has 138 valence electrons. The molecule has 1 atom stereocenters. The van der Waals surface area contributed by atoms with E-state index in [4.69, 9.17) is 0 Å². The molecule has 2 heterocycles. The highest BCUT2D eigenvalue weighted by Crippen LogP contribution is 2.31. The molecule has 1 N–H and O–H groups in total. The van der Waals surface area contributed by atoms with Crippen LogP contribution < -0.4 is 10.7 Å². The molecule has 0 unspecified atom stereocenters. The van der Waals surface area contributed by atoms with E-state index in [0.29, 0.717) is 5.39 Å². The van der Waals surface area contributed by atoms with Crippen LogP contribution in [-0.4, -0.2) is 10.5 Å². The molecular formula is C23H24N2O2. The summed E-state index contributed by atoms with van der Waals surface area (Å²) < 4.78 is 2.08. The van der Waals surface area contributed by atoms with Gasteiger partial charge in [0.2, 0.25) is 5.43 Å². The van der Waals surface area contributed by atoms with E-state index in [0.717, 1.165) is 41.6 Å². The summed E-state index contributed by atoms with van der Waals surface area (Å²) in [4.78, 5) is 26.1. The largest absolute Gasteiger partial charge is 0.343 e. The first-order valence-electron chi connectivity index (χ1n) is 9.64. The zero-order valence-electron chi connectivity index (χ0n) is 16.0. The van der Waals surface area contributed by atoms with Gasteiger partial charge in [0.05, 0.1) is 5.52 Å². The third kappa shape index (κ3) is 2.76. The van der Waals surface area contributed by atoms with Crippen molar-refractivity contribution in [2.45, 2.75) is 46.1 Å². The van der Waals surface area contributed by atoms with Gasteiger partial charge in [0.25, 0.3) is 5.91 Å². The standard InChI is InChI=1S/C23H24N2O2/c1-4-15-8-6-9-16(5-2)20(15)24-23(27)19-13-25-14(3)12-17-10-7-11-18(21(17)25)22(19)26/h6-11,13-14H,4-5,12H2,1-3H3,(H,24,27)/t14-/m0/s1. The van der Waals surface area contributed by atoms with Crippen molar-refractivity contribution in [2.24, 2.45) is 0 Å². The third-order valence-corrected chi connectivity index (χ3v) is 5.61. The Balaban J connectivity index is 1.83. The lowest BCUT2D eigenvalue weighted by atomic mass is 10.0. The average Bonchev–Trinajstić information content (AvgIpc) is 3.00. The van der Waals surface area contributed by atoms with Gasteiger partial charge in [-0.1, -0.05) is 44.2 Å². The van der Waals surface area contributed by atoms with E-state index in [9.17, 15) is 9.59 Å². The molecule has 1 aliphatic rings. The van der Waals surface area contributed by atoms with Gasteiger partial charge in [-0.05, 0) is 48.9 Å². The zero-order chi connectivity index (χ0) is 19.1. The number of hydrogen-bond acceptors (Lipinski definition) is 2. The van der Waals surface area contributed by atoms with E-state index in [-0.39, 0.29) is 22.9 Å². The molecule has 27 heavy (non-hydrogen) atoms. The first kappa shape index (κ1) is 17.5. The van der Waals surface area contributed by atoms with Crippen molar-refractivity contribution >= 4 is 22.5 Å². The Morgan fingerprint density at radius 2 is 1.78 bits per heavy atom. The van der Waals surface area contributed by atoms with Crippen molar-refractivity contribution in [3.63, 3.8) is 0 Å². The molecule has 0 fully saturated rings. The number of amides is 1. The molecule has 0 bridgehead atoms. The van der Waals surface area contributed by atoms with Gasteiger partial charge in [0.15, 0.2) is 0 Å². The predicted octanol–water partition coefficient (Wildman–Crippen LogP) is 4.50. The number of para-hydroxylation sites is 2. The van der Waals surface area contributed by atoms with Crippen molar-refractivity contribution < 1.29 is 4.79 Å². The maximum absolute atomic E-state index is 13.1. The van der Waals surface area contributed by atoms with Gasteiger partial charge in [0, 0.05) is 23.3 Å². The summed E-state index contributed by atoms with van der Waals surface area (Å²) in [5.41, 5.74) is 5.18. The molecule has 4 nitrogen and oxygen atoms in total. The lowest BCUT2D eigenvalue weighted by Gasteiger charge is -2.16. The van der Waals surface area contributed by atoms with E-state index < -0.39 is 0 Å². The molecule has 0 saturated carbocycles. The van der Waals surface area contributed by atoms with Crippen LogP contribution in [0.15, 0.2) is 47.4 Å². The van der Waals surface area contributed by atoms with Gasteiger partial charge in [-0.2, -0.15) is 0 Å². The normalized spacial score (nSPS) is 15.3. The molecule has 4 heteroatoms. The number of nitrogens with one attached hydrogen (secondary N) is 1. The highest BCUT2D eigenvalue weighted by Gasteiger charge is 2.24. The average molecular weight is 360 g/mol. The molecule has 0 radical (unpaired) electrons. The second kappa shape index (κ2) is 6.69. The fraction of sp³-hybridized carbons (Fsp3) is 0.304. The fourth-order valence-corrected chi connectivity index (χ4v) is 4.16. The number of anilines is 1. The number of aryl methyl sites for hydroxylation is 2. The summed E-state index contributed by atoms with van der Waals surface area (Å²) in [6.45, 7) is 6.26. The molecule has 3 aromatic rings. The maximum atomic E-state index is 13.1. The highest BCUT2D eigenvalue weighted by molar-refractivity contribution is 6.06. The lowest BCUT2D eigenvalue weighted by Crippen LogP contribution is -2.24. The number of carbonyl (C=O) groups is 1. The van der Waals surface area contributed by atoms with Crippen molar-refractivity contribution in [2.75, 3.05) is 5.32 Å². The molecule has 1 aromatic heterocycles. The lowest BCUT2D eigenvalue weighted by molar-refractivity contribution is 0.102. The van der Waals surface area contributed by atoms with E-state index >= 15 is 0 Å². The fourth-order valence-electron chi connectivity index (χ4n) is 4.16. The number of hydrogen-bond donors (Lipinski definition) is 1. The Morgan fingerprint density at radius 1 is 1.11 bits per heavy atom. The molecular weight excluding hydrogens is 336 g/mol. The molecule has 2 aromatic carbocycles. The number of nitrogens with zero attached hydrogens (tertiary/aromatic N) is 1. The van der Waals surface area contributed by atoms with Crippen LogP contribution in [0, 0.1) is 0 Å². The second-order valence-electron chi connectivity index (χ2n) is 7.26. The minimum Gasteiger partial charge on any atom is -0.343 e. The second-order valence-corrected chi connectivity index (χ2v) is 7.26. The summed E-state index contributed by atoms with van der Waals surface area (Å²) in [6, 6.07) is 12.1. The monoisotopic (exact) mass is 360 g/mol. The van der Waals surface area contributed by atoms with Gasteiger partial charge in [-0.15, -0.1) is 0 Å². The van der Waals surface area contributed by atoms with E-state index in [1.807, 2.05) is 30.3 Å².